The third kappa shape index (κ3) is 4.67. The number of nitrogens with one attached hydrogen (secondary N) is 2. The molecule has 1 saturated heterocycles. The Hall–Kier alpha value is -3.29. The molecule has 34 heavy (non-hydrogen) atoms. The number of hydrogen-bond acceptors (Lipinski definition) is 4. The largest absolute Gasteiger partial charge is 0.331 e. The van der Waals surface area contributed by atoms with Crippen LogP contribution < -0.4 is 10.6 Å². The van der Waals surface area contributed by atoms with Crippen LogP contribution in [-0.4, -0.2) is 33.5 Å². The molecule has 0 spiro atoms. The highest BCUT2D eigenvalue weighted by atomic mass is 35.5. The molecule has 5 rings (SSSR count). The molecule has 1 unspecified atom stereocenters. The molecule has 2 aromatic heterocycles. The number of rotatable bonds is 5. The molecule has 4 aromatic rings. The molecule has 0 saturated carbocycles. The van der Waals surface area contributed by atoms with Gasteiger partial charge in [0.1, 0.15) is 17.5 Å². The summed E-state index contributed by atoms with van der Waals surface area (Å²) in [5.41, 5.74) is 4.33. The Kier molecular flexibility index (Phi) is 6.30. The lowest BCUT2D eigenvalue weighted by atomic mass is 9.99. The van der Waals surface area contributed by atoms with Gasteiger partial charge in [0.2, 0.25) is 5.91 Å². The third-order valence-electron chi connectivity index (χ3n) is 6.31. The summed E-state index contributed by atoms with van der Waals surface area (Å²) in [7, 11) is 1.95. The predicted molar refractivity (Wildman–Crippen MR) is 132 cm³/mol. The number of carbonyl (C=O) groups excluding carboxylic acids is 1. The van der Waals surface area contributed by atoms with E-state index < -0.39 is 0 Å². The van der Waals surface area contributed by atoms with Gasteiger partial charge in [-0.1, -0.05) is 29.8 Å². The molecule has 1 aliphatic heterocycles. The Morgan fingerprint density at radius 1 is 1.26 bits per heavy atom. The van der Waals surface area contributed by atoms with Gasteiger partial charge >= 0.3 is 0 Å². The van der Waals surface area contributed by atoms with Gasteiger partial charge in [0.25, 0.3) is 0 Å². The van der Waals surface area contributed by atoms with Gasteiger partial charge in [-0.2, -0.15) is 0 Å². The van der Waals surface area contributed by atoms with Crippen molar-refractivity contribution in [2.45, 2.75) is 19.3 Å². The van der Waals surface area contributed by atoms with E-state index in [1.165, 1.54) is 12.1 Å². The van der Waals surface area contributed by atoms with Crippen LogP contribution in [0.15, 0.2) is 54.7 Å². The second-order valence-electron chi connectivity index (χ2n) is 8.68. The van der Waals surface area contributed by atoms with Crippen LogP contribution in [0.1, 0.15) is 24.2 Å². The molecule has 3 heterocycles. The van der Waals surface area contributed by atoms with E-state index in [0.717, 1.165) is 52.9 Å². The second kappa shape index (κ2) is 9.52. The van der Waals surface area contributed by atoms with Crippen molar-refractivity contribution in [2.75, 3.05) is 18.4 Å². The van der Waals surface area contributed by atoms with Gasteiger partial charge in [0.05, 0.1) is 22.0 Å². The van der Waals surface area contributed by atoms with Crippen molar-refractivity contribution in [1.82, 2.24) is 19.9 Å². The van der Waals surface area contributed by atoms with E-state index in [4.69, 9.17) is 16.6 Å². The maximum atomic E-state index is 13.6. The van der Waals surface area contributed by atoms with E-state index in [-0.39, 0.29) is 17.6 Å². The van der Waals surface area contributed by atoms with Crippen molar-refractivity contribution in [3.05, 3.63) is 77.0 Å². The first kappa shape index (κ1) is 22.5. The number of fused-ring (bicyclic) bond motifs is 1. The molecule has 6 nitrogen and oxygen atoms in total. The number of anilines is 1. The van der Waals surface area contributed by atoms with Crippen molar-refractivity contribution >= 4 is 34.4 Å². The number of nitrogens with zero attached hydrogens (tertiary/aromatic N) is 3. The molecule has 1 aliphatic rings. The smallest absolute Gasteiger partial charge is 0.229 e. The molecular weight excluding hydrogens is 453 g/mol. The summed E-state index contributed by atoms with van der Waals surface area (Å²) in [5, 5.41) is 6.70. The lowest BCUT2D eigenvalue weighted by Gasteiger charge is -2.21. The van der Waals surface area contributed by atoms with Crippen molar-refractivity contribution in [2.24, 2.45) is 13.0 Å². The SMILES string of the molecule is Cn1c(Cc2cccc(F)c2)nc2ccc(-c3cc(NC(=O)C4CCCNC4)ncc3Cl)cc21. The normalized spacial score (nSPS) is 16.0. The summed E-state index contributed by atoms with van der Waals surface area (Å²) < 4.78 is 15.6. The average molecular weight is 478 g/mol. The summed E-state index contributed by atoms with van der Waals surface area (Å²) in [6.45, 7) is 1.63. The molecule has 0 aliphatic carbocycles. The van der Waals surface area contributed by atoms with Crippen LogP contribution in [0.2, 0.25) is 5.02 Å². The Balaban J connectivity index is 1.42. The monoisotopic (exact) mass is 477 g/mol. The van der Waals surface area contributed by atoms with Crippen LogP contribution in [0.3, 0.4) is 0 Å². The first-order valence-corrected chi connectivity index (χ1v) is 11.7. The Morgan fingerprint density at radius 3 is 2.94 bits per heavy atom. The fraction of sp³-hybridized carbons (Fsp3) is 0.269. The van der Waals surface area contributed by atoms with E-state index in [2.05, 4.69) is 15.6 Å². The Bertz CT molecular complexity index is 1360. The zero-order valence-corrected chi connectivity index (χ0v) is 19.6. The van der Waals surface area contributed by atoms with Crippen molar-refractivity contribution in [3.63, 3.8) is 0 Å². The molecule has 2 aromatic carbocycles. The maximum Gasteiger partial charge on any atom is 0.229 e. The summed E-state index contributed by atoms with van der Waals surface area (Å²) >= 11 is 6.49. The predicted octanol–water partition coefficient (Wildman–Crippen LogP) is 4.96. The molecule has 1 amide bonds. The van der Waals surface area contributed by atoms with Gasteiger partial charge in [-0.3, -0.25) is 4.79 Å². The van der Waals surface area contributed by atoms with Crippen LogP contribution in [0, 0.1) is 11.7 Å². The zero-order chi connectivity index (χ0) is 23.7. The number of halogens is 2. The highest BCUT2D eigenvalue weighted by molar-refractivity contribution is 6.33. The lowest BCUT2D eigenvalue weighted by Crippen LogP contribution is -2.37. The molecular formula is C26H25ClFN5O. The van der Waals surface area contributed by atoms with Crippen LogP contribution >= 0.6 is 11.6 Å². The molecule has 0 bridgehead atoms. The average Bonchev–Trinajstić information content (AvgIpc) is 3.15. The Labute approximate surface area is 202 Å². The van der Waals surface area contributed by atoms with E-state index in [1.807, 2.05) is 41.9 Å². The molecule has 0 radical (unpaired) electrons. The fourth-order valence-electron chi connectivity index (χ4n) is 4.43. The van der Waals surface area contributed by atoms with Gasteiger partial charge < -0.3 is 15.2 Å². The minimum absolute atomic E-state index is 0.0305. The minimum atomic E-state index is -0.256. The number of aryl methyl sites for hydroxylation is 1. The second-order valence-corrected chi connectivity index (χ2v) is 9.09. The van der Waals surface area contributed by atoms with Gasteiger partial charge in [0, 0.05) is 31.8 Å². The molecule has 8 heteroatoms. The minimum Gasteiger partial charge on any atom is -0.331 e. The van der Waals surface area contributed by atoms with Crippen LogP contribution in [-0.2, 0) is 18.3 Å². The van der Waals surface area contributed by atoms with Crippen LogP contribution in [0.4, 0.5) is 10.2 Å². The number of pyridine rings is 1. The highest BCUT2D eigenvalue weighted by Gasteiger charge is 2.21. The number of hydrogen-bond donors (Lipinski definition) is 2. The zero-order valence-electron chi connectivity index (χ0n) is 18.8. The van der Waals surface area contributed by atoms with Crippen LogP contribution in [0.25, 0.3) is 22.2 Å². The van der Waals surface area contributed by atoms with Crippen molar-refractivity contribution < 1.29 is 9.18 Å². The highest BCUT2D eigenvalue weighted by Crippen LogP contribution is 2.32. The first-order valence-electron chi connectivity index (χ1n) is 11.4. The van der Waals surface area contributed by atoms with Gasteiger partial charge in [-0.25, -0.2) is 14.4 Å². The number of amides is 1. The molecule has 1 fully saturated rings. The molecule has 1 atom stereocenters. The number of piperidine rings is 1. The van der Waals surface area contributed by atoms with Crippen molar-refractivity contribution in [3.8, 4) is 11.1 Å². The van der Waals surface area contributed by atoms with E-state index >= 15 is 0 Å². The van der Waals surface area contributed by atoms with Gasteiger partial charge in [-0.15, -0.1) is 0 Å². The van der Waals surface area contributed by atoms with Gasteiger partial charge in [-0.05, 0) is 60.8 Å². The topological polar surface area (TPSA) is 71.8 Å². The number of aromatic nitrogens is 3. The van der Waals surface area contributed by atoms with E-state index in [0.29, 0.717) is 23.8 Å². The molecule has 2 N–H and O–H groups in total. The summed E-state index contributed by atoms with van der Waals surface area (Å²) in [6.07, 6.45) is 3.95. The number of benzene rings is 2. The van der Waals surface area contributed by atoms with Gasteiger partial charge in [0.15, 0.2) is 0 Å². The summed E-state index contributed by atoms with van der Waals surface area (Å²) in [6, 6.07) is 14.3. The molecule has 174 valence electrons. The maximum absolute atomic E-state index is 13.6. The number of carbonyl (C=O) groups is 1. The standard InChI is InChI=1S/C26H25ClFN5O/c1-33-23-12-17(7-8-22(23)31-25(33)11-16-4-2-6-19(28)10-16)20-13-24(30-15-21(20)27)32-26(34)18-5-3-9-29-14-18/h2,4,6-8,10,12-13,15,18,29H,3,5,9,11,14H2,1H3,(H,30,32,34). The fourth-order valence-corrected chi connectivity index (χ4v) is 4.64. The third-order valence-corrected chi connectivity index (χ3v) is 6.61. The van der Waals surface area contributed by atoms with Crippen molar-refractivity contribution in [1.29, 1.82) is 0 Å². The quantitative estimate of drug-likeness (QED) is 0.426. The lowest BCUT2D eigenvalue weighted by molar-refractivity contribution is -0.120. The van der Waals surface area contributed by atoms with Crippen LogP contribution in [0.5, 0.6) is 0 Å². The number of imidazole rings is 1. The summed E-state index contributed by atoms with van der Waals surface area (Å²) in [5.74, 6) is 0.974. The van der Waals surface area contributed by atoms with E-state index in [9.17, 15) is 9.18 Å². The van der Waals surface area contributed by atoms with E-state index in [1.54, 1.807) is 12.3 Å². The first-order chi connectivity index (χ1) is 16.5. The summed E-state index contributed by atoms with van der Waals surface area (Å²) in [4.78, 5) is 21.7. The Morgan fingerprint density at radius 2 is 2.15 bits per heavy atom.